The molecular weight excluding hydrogens is 413 g/mol. The molecule has 0 bridgehead atoms. The highest BCUT2D eigenvalue weighted by molar-refractivity contribution is 5.93. The molecule has 2 rings (SSSR count). The first-order chi connectivity index (χ1) is 14.6. The fraction of sp³-hybridized carbons (Fsp3) is 0.571. The van der Waals surface area contributed by atoms with E-state index < -0.39 is 18.1 Å². The Morgan fingerprint density at radius 3 is 2.68 bits per heavy atom. The topological polar surface area (TPSA) is 77.1 Å². The summed E-state index contributed by atoms with van der Waals surface area (Å²) in [6.07, 6.45) is -4.10. The van der Waals surface area contributed by atoms with Crippen LogP contribution in [0.1, 0.15) is 32.3 Å². The first-order valence-electron chi connectivity index (χ1n) is 10.2. The van der Waals surface area contributed by atoms with Gasteiger partial charge in [0.25, 0.3) is 12.3 Å². The molecule has 0 saturated carbocycles. The molecule has 3 N–H and O–H groups in total. The number of carbonyl (C=O) groups excluding carboxylic acids is 1. The zero-order valence-corrected chi connectivity index (χ0v) is 18.3. The number of aliphatic hydroxyl groups is 1. The normalized spacial score (nSPS) is 16.5. The third-order valence-electron chi connectivity index (χ3n) is 4.89. The van der Waals surface area contributed by atoms with E-state index in [1.165, 1.54) is 19.2 Å². The van der Waals surface area contributed by atoms with E-state index in [-0.39, 0.29) is 18.3 Å². The number of nitrogens with one attached hydrogen (secondary N) is 2. The molecule has 1 aromatic carbocycles. The van der Waals surface area contributed by atoms with Crippen molar-refractivity contribution in [1.29, 1.82) is 0 Å². The van der Waals surface area contributed by atoms with E-state index in [2.05, 4.69) is 10.6 Å². The zero-order chi connectivity index (χ0) is 23.2. The summed E-state index contributed by atoms with van der Waals surface area (Å²) in [7, 11) is 3.29. The summed E-state index contributed by atoms with van der Waals surface area (Å²) in [6.45, 7) is 5.03. The zero-order valence-electron chi connectivity index (χ0n) is 18.3. The number of alkyl halides is 3. The standard InChI is InChI=1S/C21H31F3N4O3/c1-14(2)9-11-28-17(19(30)25-3)18(27(4)10-6-12-29)26-20(28)31-16-8-5-7-15(13-16)21(22,23)24/h5,7-8,13-14,20,26,29H,6,9-12H2,1-4H3,(H,25,30). The van der Waals surface area contributed by atoms with Gasteiger partial charge in [-0.1, -0.05) is 19.9 Å². The highest BCUT2D eigenvalue weighted by atomic mass is 19.4. The van der Waals surface area contributed by atoms with E-state index in [0.29, 0.717) is 36.9 Å². The molecule has 0 aliphatic carbocycles. The number of likely N-dealkylation sites (N-methyl/N-ethyl adjacent to an activating group) is 1. The lowest BCUT2D eigenvalue weighted by molar-refractivity contribution is -0.137. The van der Waals surface area contributed by atoms with Gasteiger partial charge in [0.1, 0.15) is 17.3 Å². The number of hydrogen-bond donors (Lipinski definition) is 3. The van der Waals surface area contributed by atoms with E-state index in [0.717, 1.165) is 18.6 Å². The van der Waals surface area contributed by atoms with Crippen LogP contribution in [0.25, 0.3) is 0 Å². The molecule has 0 saturated heterocycles. The predicted octanol–water partition coefficient (Wildman–Crippen LogP) is 2.55. The molecule has 0 radical (unpaired) electrons. The second kappa shape index (κ2) is 10.6. The third kappa shape index (κ3) is 6.43. The van der Waals surface area contributed by atoms with Gasteiger partial charge in [-0.05, 0) is 37.0 Å². The Balaban J connectivity index is 2.36. The van der Waals surface area contributed by atoms with Crippen LogP contribution in [0.2, 0.25) is 0 Å². The van der Waals surface area contributed by atoms with Gasteiger partial charge in [0.2, 0.25) is 0 Å². The van der Waals surface area contributed by atoms with Crippen LogP contribution < -0.4 is 15.4 Å². The highest BCUT2D eigenvalue weighted by Gasteiger charge is 2.38. The van der Waals surface area contributed by atoms with Gasteiger partial charge in [0, 0.05) is 33.8 Å². The maximum absolute atomic E-state index is 13.1. The number of halogens is 3. The second-order valence-electron chi connectivity index (χ2n) is 7.79. The molecular formula is C21H31F3N4O3. The summed E-state index contributed by atoms with van der Waals surface area (Å²) < 4.78 is 45.2. The molecule has 1 aromatic rings. The van der Waals surface area contributed by atoms with Crippen molar-refractivity contribution in [2.45, 2.75) is 39.2 Å². The van der Waals surface area contributed by atoms with Crippen LogP contribution in [-0.2, 0) is 11.0 Å². The molecule has 31 heavy (non-hydrogen) atoms. The predicted molar refractivity (Wildman–Crippen MR) is 111 cm³/mol. The Hall–Kier alpha value is -2.62. The van der Waals surface area contributed by atoms with E-state index in [1.807, 2.05) is 13.8 Å². The summed E-state index contributed by atoms with van der Waals surface area (Å²) >= 11 is 0. The van der Waals surface area contributed by atoms with E-state index in [9.17, 15) is 18.0 Å². The van der Waals surface area contributed by atoms with Gasteiger partial charge in [0.15, 0.2) is 0 Å². The lowest BCUT2D eigenvalue weighted by atomic mass is 10.1. The van der Waals surface area contributed by atoms with Crippen molar-refractivity contribution in [3.05, 3.63) is 41.3 Å². The minimum Gasteiger partial charge on any atom is -0.452 e. The summed E-state index contributed by atoms with van der Waals surface area (Å²) in [5, 5.41) is 14.9. The van der Waals surface area contributed by atoms with Crippen LogP contribution >= 0.6 is 0 Å². The smallest absolute Gasteiger partial charge is 0.416 e. The molecule has 1 atom stereocenters. The molecule has 1 aliphatic heterocycles. The van der Waals surface area contributed by atoms with Gasteiger partial charge in [-0.15, -0.1) is 0 Å². The van der Waals surface area contributed by atoms with E-state index >= 15 is 0 Å². The monoisotopic (exact) mass is 444 g/mol. The van der Waals surface area contributed by atoms with Crippen molar-refractivity contribution in [2.24, 2.45) is 5.92 Å². The largest absolute Gasteiger partial charge is 0.452 e. The van der Waals surface area contributed by atoms with Gasteiger partial charge < -0.3 is 30.3 Å². The Labute approximate surface area is 180 Å². The van der Waals surface area contributed by atoms with Gasteiger partial charge >= 0.3 is 6.18 Å². The molecule has 0 spiro atoms. The molecule has 7 nitrogen and oxygen atoms in total. The van der Waals surface area contributed by atoms with Crippen molar-refractivity contribution < 1.29 is 27.8 Å². The molecule has 0 aromatic heterocycles. The van der Waals surface area contributed by atoms with Crippen molar-refractivity contribution in [3.8, 4) is 5.75 Å². The van der Waals surface area contributed by atoms with Gasteiger partial charge in [-0.3, -0.25) is 4.79 Å². The van der Waals surface area contributed by atoms with E-state index in [1.54, 1.807) is 16.8 Å². The first-order valence-corrected chi connectivity index (χ1v) is 10.2. The summed E-state index contributed by atoms with van der Waals surface area (Å²) in [5.41, 5.74) is -0.461. The van der Waals surface area contributed by atoms with Crippen molar-refractivity contribution in [1.82, 2.24) is 20.4 Å². The molecule has 1 aliphatic rings. The van der Waals surface area contributed by atoms with Crippen molar-refractivity contribution in [3.63, 3.8) is 0 Å². The van der Waals surface area contributed by atoms with Crippen molar-refractivity contribution >= 4 is 5.91 Å². The Kier molecular flexibility index (Phi) is 8.43. The highest BCUT2D eigenvalue weighted by Crippen LogP contribution is 2.32. The SMILES string of the molecule is CNC(=O)C1=C(N(C)CCCO)NC(Oc2cccc(C(F)(F)F)c2)N1CCC(C)C. The molecule has 1 unspecified atom stereocenters. The Bertz CT molecular complexity index is 783. The summed E-state index contributed by atoms with van der Waals surface area (Å²) in [6, 6.07) is 4.65. The molecule has 1 amide bonds. The Morgan fingerprint density at radius 1 is 1.39 bits per heavy atom. The van der Waals surface area contributed by atoms with Gasteiger partial charge in [-0.2, -0.15) is 13.2 Å². The Morgan fingerprint density at radius 2 is 2.10 bits per heavy atom. The first kappa shape index (κ1) is 24.6. The van der Waals surface area contributed by atoms with Crippen LogP contribution in [0.5, 0.6) is 5.75 Å². The number of nitrogens with zero attached hydrogens (tertiary/aromatic N) is 2. The average Bonchev–Trinajstić information content (AvgIpc) is 3.07. The van der Waals surface area contributed by atoms with Gasteiger partial charge in [0.05, 0.1) is 5.56 Å². The molecule has 10 heteroatoms. The van der Waals surface area contributed by atoms with E-state index in [4.69, 9.17) is 9.84 Å². The number of hydrogen-bond acceptors (Lipinski definition) is 6. The third-order valence-corrected chi connectivity index (χ3v) is 4.89. The van der Waals surface area contributed by atoms with Crippen LogP contribution in [-0.4, -0.2) is 61.0 Å². The minimum absolute atomic E-state index is 0.00580. The summed E-state index contributed by atoms with van der Waals surface area (Å²) in [5.74, 6) is 0.541. The average molecular weight is 444 g/mol. The molecule has 0 fully saturated rings. The van der Waals surface area contributed by atoms with Crippen LogP contribution in [0.4, 0.5) is 13.2 Å². The maximum Gasteiger partial charge on any atom is 0.416 e. The number of rotatable bonds is 10. The number of ether oxygens (including phenoxy) is 1. The molecule has 174 valence electrons. The fourth-order valence-corrected chi connectivity index (χ4v) is 3.18. The number of aliphatic hydroxyl groups excluding tert-OH is 1. The van der Waals surface area contributed by atoms with Gasteiger partial charge in [-0.25, -0.2) is 0 Å². The fourth-order valence-electron chi connectivity index (χ4n) is 3.18. The quantitative estimate of drug-likeness (QED) is 0.515. The second-order valence-corrected chi connectivity index (χ2v) is 7.79. The number of benzene rings is 1. The number of carbonyl (C=O) groups is 1. The number of amides is 1. The van der Waals surface area contributed by atoms with Crippen LogP contribution in [0, 0.1) is 5.92 Å². The lowest BCUT2D eigenvalue weighted by Crippen LogP contribution is -2.45. The van der Waals surface area contributed by atoms with Crippen LogP contribution in [0.15, 0.2) is 35.8 Å². The lowest BCUT2D eigenvalue weighted by Gasteiger charge is -2.29. The molecule has 1 heterocycles. The van der Waals surface area contributed by atoms with Crippen LogP contribution in [0.3, 0.4) is 0 Å². The minimum atomic E-state index is -4.49. The summed E-state index contributed by atoms with van der Waals surface area (Å²) in [4.78, 5) is 16.2. The maximum atomic E-state index is 13.1. The van der Waals surface area contributed by atoms with Crippen molar-refractivity contribution in [2.75, 3.05) is 33.8 Å².